The number of rotatable bonds is 4. The molecule has 0 aromatic heterocycles. The number of hydrogen-bond donors (Lipinski definition) is 1. The summed E-state index contributed by atoms with van der Waals surface area (Å²) in [6.07, 6.45) is -5.12. The maximum atomic E-state index is 12.6. The number of hydrogen-bond acceptors (Lipinski definition) is 2. The summed E-state index contributed by atoms with van der Waals surface area (Å²) >= 11 is 0. The molecular weight excluding hydrogens is 275 g/mol. The summed E-state index contributed by atoms with van der Waals surface area (Å²) in [5.41, 5.74) is 0.117. The average molecular weight is 289 g/mol. The fourth-order valence-electron chi connectivity index (χ4n) is 1.85. The van der Waals surface area contributed by atoms with Crippen molar-refractivity contribution in [1.29, 1.82) is 0 Å². The van der Waals surface area contributed by atoms with Gasteiger partial charge in [0.2, 0.25) is 0 Å². The molecule has 0 bridgehead atoms. The second kappa shape index (κ2) is 5.94. The van der Waals surface area contributed by atoms with E-state index in [-0.39, 0.29) is 5.56 Å². The third-order valence-electron chi connectivity index (χ3n) is 2.66. The third kappa shape index (κ3) is 3.49. The summed E-state index contributed by atoms with van der Waals surface area (Å²) < 4.78 is 37.8. The Kier molecular flexibility index (Phi) is 4.75. The minimum absolute atomic E-state index is 0.117. The van der Waals surface area contributed by atoms with Gasteiger partial charge in [-0.25, -0.2) is 4.79 Å². The van der Waals surface area contributed by atoms with Crippen molar-refractivity contribution in [1.82, 2.24) is 4.90 Å². The van der Waals surface area contributed by atoms with Crippen LogP contribution in [0.1, 0.15) is 25.5 Å². The van der Waals surface area contributed by atoms with Crippen molar-refractivity contribution in [2.45, 2.75) is 32.1 Å². The van der Waals surface area contributed by atoms with Gasteiger partial charge in [0.05, 0.1) is 0 Å². The third-order valence-corrected chi connectivity index (χ3v) is 2.66. The zero-order valence-corrected chi connectivity index (χ0v) is 10.9. The van der Waals surface area contributed by atoms with Gasteiger partial charge in [0.1, 0.15) is 0 Å². The molecule has 4 nitrogen and oxygen atoms in total. The summed E-state index contributed by atoms with van der Waals surface area (Å²) in [5.74, 6) is -3.67. The number of carbonyl (C=O) groups excluding carboxylic acids is 1. The SMILES string of the molecule is CC(C)N(C(=O)C(F)(F)F)C(C(=O)O)c1ccccc1. The summed E-state index contributed by atoms with van der Waals surface area (Å²) in [6, 6.07) is 4.77. The number of halogens is 3. The second-order valence-corrected chi connectivity index (χ2v) is 4.46. The number of nitrogens with zero attached hydrogens (tertiary/aromatic N) is 1. The van der Waals surface area contributed by atoms with Crippen LogP contribution < -0.4 is 0 Å². The van der Waals surface area contributed by atoms with Gasteiger partial charge in [-0.05, 0) is 19.4 Å². The Morgan fingerprint density at radius 3 is 2.00 bits per heavy atom. The molecule has 1 amide bonds. The first-order chi connectivity index (χ1) is 9.16. The van der Waals surface area contributed by atoms with Crippen LogP contribution in [0, 0.1) is 0 Å². The van der Waals surface area contributed by atoms with Gasteiger partial charge in [-0.3, -0.25) is 4.79 Å². The van der Waals surface area contributed by atoms with Gasteiger partial charge in [0, 0.05) is 6.04 Å². The highest BCUT2D eigenvalue weighted by atomic mass is 19.4. The van der Waals surface area contributed by atoms with E-state index in [0.29, 0.717) is 4.90 Å². The van der Waals surface area contributed by atoms with Gasteiger partial charge < -0.3 is 10.0 Å². The number of amides is 1. The minimum Gasteiger partial charge on any atom is -0.479 e. The van der Waals surface area contributed by atoms with Gasteiger partial charge in [-0.2, -0.15) is 13.2 Å². The highest BCUT2D eigenvalue weighted by molar-refractivity contribution is 5.88. The van der Waals surface area contributed by atoms with Crippen LogP contribution in [0.3, 0.4) is 0 Å². The largest absolute Gasteiger partial charge is 0.479 e. The van der Waals surface area contributed by atoms with Crippen LogP contribution in [0.5, 0.6) is 0 Å². The van der Waals surface area contributed by atoms with E-state index in [2.05, 4.69) is 0 Å². The first-order valence-electron chi connectivity index (χ1n) is 5.83. The van der Waals surface area contributed by atoms with E-state index in [9.17, 15) is 27.9 Å². The van der Waals surface area contributed by atoms with Crippen LogP contribution in [0.15, 0.2) is 30.3 Å². The average Bonchev–Trinajstić information content (AvgIpc) is 2.34. The van der Waals surface area contributed by atoms with Crippen LogP contribution >= 0.6 is 0 Å². The van der Waals surface area contributed by atoms with Gasteiger partial charge in [-0.1, -0.05) is 30.3 Å². The molecule has 0 aliphatic carbocycles. The number of aliphatic carboxylic acids is 1. The van der Waals surface area contributed by atoms with Crippen LogP contribution in [0.4, 0.5) is 13.2 Å². The highest BCUT2D eigenvalue weighted by Crippen LogP contribution is 2.29. The number of alkyl halides is 3. The lowest BCUT2D eigenvalue weighted by molar-refractivity contribution is -0.192. The first kappa shape index (κ1) is 16.0. The van der Waals surface area contributed by atoms with Crippen LogP contribution in [-0.4, -0.2) is 34.1 Å². The lowest BCUT2D eigenvalue weighted by Gasteiger charge is -2.33. The summed E-state index contributed by atoms with van der Waals surface area (Å²) in [7, 11) is 0. The van der Waals surface area contributed by atoms with Gasteiger partial charge in [0.15, 0.2) is 6.04 Å². The van der Waals surface area contributed by atoms with Crippen LogP contribution in [0.2, 0.25) is 0 Å². The fraction of sp³-hybridized carbons (Fsp3) is 0.385. The molecule has 7 heteroatoms. The highest BCUT2D eigenvalue weighted by Gasteiger charge is 2.47. The zero-order valence-electron chi connectivity index (χ0n) is 10.9. The van der Waals surface area contributed by atoms with Crippen molar-refractivity contribution in [3.8, 4) is 0 Å². The van der Waals surface area contributed by atoms with Gasteiger partial charge in [0.25, 0.3) is 0 Å². The van der Waals surface area contributed by atoms with E-state index in [0.717, 1.165) is 0 Å². The minimum atomic E-state index is -5.12. The maximum absolute atomic E-state index is 12.6. The molecule has 0 aliphatic heterocycles. The standard InChI is InChI=1S/C13H14F3NO3/c1-8(2)17(12(20)13(14,15)16)10(11(18)19)9-6-4-3-5-7-9/h3-8,10H,1-2H3,(H,18,19). The molecule has 1 N–H and O–H groups in total. The van der Waals surface area contributed by atoms with E-state index >= 15 is 0 Å². The molecule has 0 spiro atoms. The quantitative estimate of drug-likeness (QED) is 0.927. The van der Waals surface area contributed by atoms with Crippen molar-refractivity contribution < 1.29 is 27.9 Å². The second-order valence-electron chi connectivity index (χ2n) is 4.46. The Hall–Kier alpha value is -2.05. The Labute approximate surface area is 113 Å². The molecule has 1 atom stereocenters. The molecule has 1 rings (SSSR count). The van der Waals surface area contributed by atoms with Crippen LogP contribution in [0.25, 0.3) is 0 Å². The molecule has 0 radical (unpaired) electrons. The molecule has 20 heavy (non-hydrogen) atoms. The molecule has 1 aromatic rings. The van der Waals surface area contributed by atoms with Crippen molar-refractivity contribution >= 4 is 11.9 Å². The summed E-state index contributed by atoms with van der Waals surface area (Å²) in [4.78, 5) is 23.1. The lowest BCUT2D eigenvalue weighted by atomic mass is 10.0. The predicted molar refractivity (Wildman–Crippen MR) is 64.9 cm³/mol. The molecule has 0 saturated heterocycles. The summed E-state index contributed by atoms with van der Waals surface area (Å²) in [5, 5.41) is 9.20. The van der Waals surface area contributed by atoms with E-state index in [4.69, 9.17) is 0 Å². The predicted octanol–water partition coefficient (Wildman–Crippen LogP) is 2.61. The molecule has 0 fully saturated rings. The Morgan fingerprint density at radius 1 is 1.15 bits per heavy atom. The molecular formula is C13H14F3NO3. The lowest BCUT2D eigenvalue weighted by Crippen LogP contribution is -2.49. The monoisotopic (exact) mass is 289 g/mol. The summed E-state index contributed by atoms with van der Waals surface area (Å²) in [6.45, 7) is 2.67. The van der Waals surface area contributed by atoms with Gasteiger partial charge in [-0.15, -0.1) is 0 Å². The number of benzene rings is 1. The molecule has 0 heterocycles. The zero-order chi connectivity index (χ0) is 15.5. The topological polar surface area (TPSA) is 57.6 Å². The van der Waals surface area contributed by atoms with Gasteiger partial charge >= 0.3 is 18.1 Å². The van der Waals surface area contributed by atoms with Crippen LogP contribution in [-0.2, 0) is 9.59 Å². The molecule has 0 saturated carbocycles. The smallest absolute Gasteiger partial charge is 0.471 e. The maximum Gasteiger partial charge on any atom is 0.471 e. The van der Waals surface area contributed by atoms with E-state index in [1.807, 2.05) is 0 Å². The van der Waals surface area contributed by atoms with E-state index in [1.165, 1.54) is 38.1 Å². The van der Waals surface area contributed by atoms with E-state index in [1.54, 1.807) is 6.07 Å². The van der Waals surface area contributed by atoms with Crippen molar-refractivity contribution in [3.05, 3.63) is 35.9 Å². The van der Waals surface area contributed by atoms with E-state index < -0.39 is 30.1 Å². The molecule has 1 unspecified atom stereocenters. The normalized spacial score (nSPS) is 13.1. The number of carboxylic acids is 1. The first-order valence-corrected chi connectivity index (χ1v) is 5.83. The molecule has 1 aromatic carbocycles. The fourth-order valence-corrected chi connectivity index (χ4v) is 1.85. The molecule has 110 valence electrons. The number of carboxylic acid groups (broad SMARTS) is 1. The molecule has 0 aliphatic rings. The number of carbonyl (C=O) groups is 2. The Bertz CT molecular complexity index is 485. The van der Waals surface area contributed by atoms with Crippen molar-refractivity contribution in [2.24, 2.45) is 0 Å². The van der Waals surface area contributed by atoms with Crippen molar-refractivity contribution in [2.75, 3.05) is 0 Å². The Morgan fingerprint density at radius 2 is 1.65 bits per heavy atom. The Balaban J connectivity index is 3.29. The van der Waals surface area contributed by atoms with Crippen molar-refractivity contribution in [3.63, 3.8) is 0 Å².